The highest BCUT2D eigenvalue weighted by molar-refractivity contribution is 5.75. The molecule has 24 heavy (non-hydrogen) atoms. The van der Waals surface area contributed by atoms with Crippen molar-refractivity contribution in [2.75, 3.05) is 31.7 Å². The van der Waals surface area contributed by atoms with E-state index in [1.165, 1.54) is 7.11 Å². The molecule has 1 atom stereocenters. The second-order valence-electron chi connectivity index (χ2n) is 5.44. The van der Waals surface area contributed by atoms with Gasteiger partial charge >= 0.3 is 5.97 Å². The molecule has 1 aliphatic rings. The van der Waals surface area contributed by atoms with E-state index in [1.807, 2.05) is 36.1 Å². The summed E-state index contributed by atoms with van der Waals surface area (Å²) in [6, 6.07) is 7.60. The van der Waals surface area contributed by atoms with Gasteiger partial charge in [-0.05, 0) is 18.6 Å². The van der Waals surface area contributed by atoms with E-state index >= 15 is 0 Å². The van der Waals surface area contributed by atoms with E-state index in [-0.39, 0.29) is 5.97 Å². The predicted octanol–water partition coefficient (Wildman–Crippen LogP) is 1.48. The maximum absolute atomic E-state index is 11.7. The zero-order valence-electron chi connectivity index (χ0n) is 13.8. The van der Waals surface area contributed by atoms with Gasteiger partial charge in [0.2, 0.25) is 0 Å². The number of hydrogen-bond donors (Lipinski definition) is 0. The molecule has 7 heteroatoms. The third kappa shape index (κ3) is 3.51. The first kappa shape index (κ1) is 16.3. The first-order chi connectivity index (χ1) is 11.7. The van der Waals surface area contributed by atoms with Crippen molar-refractivity contribution in [1.82, 2.24) is 15.0 Å². The summed E-state index contributed by atoms with van der Waals surface area (Å²) in [5, 5.41) is 0. The quantitative estimate of drug-likeness (QED) is 0.787. The Bertz CT molecular complexity index is 708. The fraction of sp³-hybridized carbons (Fsp3) is 0.412. The predicted molar refractivity (Wildman–Crippen MR) is 88.6 cm³/mol. The van der Waals surface area contributed by atoms with Crippen LogP contribution in [0.2, 0.25) is 0 Å². The maximum Gasteiger partial charge on any atom is 0.336 e. The standard InChI is InChI=1S/C17H20N4O3/c1-3-12-10-15(20-16(19-12)13-6-4-5-7-18-13)21-8-9-24-14(11-21)17(22)23-2/h4-7,10,14H,3,8-9,11H2,1-2H3. The number of hydrogen-bond acceptors (Lipinski definition) is 7. The van der Waals surface area contributed by atoms with Crippen molar-refractivity contribution in [2.24, 2.45) is 0 Å². The lowest BCUT2D eigenvalue weighted by Gasteiger charge is -2.32. The zero-order valence-corrected chi connectivity index (χ0v) is 13.8. The van der Waals surface area contributed by atoms with Crippen molar-refractivity contribution < 1.29 is 14.3 Å². The molecule has 2 aromatic rings. The molecule has 2 aromatic heterocycles. The summed E-state index contributed by atoms with van der Waals surface area (Å²) in [6.07, 6.45) is 1.92. The van der Waals surface area contributed by atoms with Crippen LogP contribution in [-0.4, -0.2) is 53.8 Å². The number of rotatable bonds is 4. The fourth-order valence-corrected chi connectivity index (χ4v) is 2.57. The van der Waals surface area contributed by atoms with Crippen molar-refractivity contribution in [1.29, 1.82) is 0 Å². The molecule has 7 nitrogen and oxygen atoms in total. The van der Waals surface area contributed by atoms with Crippen LogP contribution in [-0.2, 0) is 20.7 Å². The average Bonchev–Trinajstić information content (AvgIpc) is 2.67. The maximum atomic E-state index is 11.7. The molecule has 3 rings (SSSR count). The Hall–Kier alpha value is -2.54. The molecule has 0 radical (unpaired) electrons. The van der Waals surface area contributed by atoms with Crippen LogP contribution in [0.15, 0.2) is 30.5 Å². The smallest absolute Gasteiger partial charge is 0.336 e. The molecule has 0 amide bonds. The Kier molecular flexibility index (Phi) is 5.00. The number of anilines is 1. The van der Waals surface area contributed by atoms with Gasteiger partial charge in [0, 0.05) is 24.5 Å². The Balaban J connectivity index is 1.91. The number of esters is 1. The van der Waals surface area contributed by atoms with Crippen LogP contribution in [0.3, 0.4) is 0 Å². The van der Waals surface area contributed by atoms with E-state index in [0.29, 0.717) is 25.5 Å². The molecule has 1 saturated heterocycles. The van der Waals surface area contributed by atoms with E-state index in [4.69, 9.17) is 9.47 Å². The highest BCUT2D eigenvalue weighted by Crippen LogP contribution is 2.21. The second kappa shape index (κ2) is 7.35. The third-order valence-electron chi connectivity index (χ3n) is 3.88. The van der Waals surface area contributed by atoms with Crippen molar-refractivity contribution in [3.63, 3.8) is 0 Å². The topological polar surface area (TPSA) is 77.4 Å². The molecule has 1 fully saturated rings. The van der Waals surface area contributed by atoms with Crippen molar-refractivity contribution in [3.05, 3.63) is 36.2 Å². The van der Waals surface area contributed by atoms with Gasteiger partial charge in [-0.15, -0.1) is 0 Å². The summed E-state index contributed by atoms with van der Waals surface area (Å²) in [5.41, 5.74) is 1.66. The monoisotopic (exact) mass is 328 g/mol. The van der Waals surface area contributed by atoms with Gasteiger partial charge in [-0.1, -0.05) is 13.0 Å². The first-order valence-electron chi connectivity index (χ1n) is 7.95. The van der Waals surface area contributed by atoms with E-state index in [9.17, 15) is 4.79 Å². The van der Waals surface area contributed by atoms with Crippen LogP contribution in [0, 0.1) is 0 Å². The lowest BCUT2D eigenvalue weighted by atomic mass is 10.2. The van der Waals surface area contributed by atoms with Gasteiger partial charge < -0.3 is 14.4 Å². The van der Waals surface area contributed by atoms with Gasteiger partial charge in [-0.3, -0.25) is 4.98 Å². The van der Waals surface area contributed by atoms with Gasteiger partial charge in [0.05, 0.1) is 20.3 Å². The summed E-state index contributed by atoms with van der Waals surface area (Å²) >= 11 is 0. The number of methoxy groups -OCH3 is 1. The Morgan fingerprint density at radius 1 is 1.42 bits per heavy atom. The number of aryl methyl sites for hydroxylation is 1. The highest BCUT2D eigenvalue weighted by Gasteiger charge is 2.28. The summed E-state index contributed by atoms with van der Waals surface area (Å²) < 4.78 is 10.3. The van der Waals surface area contributed by atoms with Gasteiger partial charge in [-0.25, -0.2) is 14.8 Å². The molecule has 0 aromatic carbocycles. The number of pyridine rings is 1. The van der Waals surface area contributed by atoms with Crippen LogP contribution >= 0.6 is 0 Å². The number of ether oxygens (including phenoxy) is 2. The number of carbonyl (C=O) groups is 1. The third-order valence-corrected chi connectivity index (χ3v) is 3.88. The minimum Gasteiger partial charge on any atom is -0.467 e. The molecule has 1 unspecified atom stereocenters. The Morgan fingerprint density at radius 3 is 3.00 bits per heavy atom. The lowest BCUT2D eigenvalue weighted by molar-refractivity contribution is -0.154. The summed E-state index contributed by atoms with van der Waals surface area (Å²) in [7, 11) is 1.36. The highest BCUT2D eigenvalue weighted by atomic mass is 16.6. The molecule has 0 spiro atoms. The van der Waals surface area contributed by atoms with Gasteiger partial charge in [0.25, 0.3) is 0 Å². The summed E-state index contributed by atoms with van der Waals surface area (Å²) in [4.78, 5) is 27.3. The minimum atomic E-state index is -0.595. The van der Waals surface area contributed by atoms with E-state index in [2.05, 4.69) is 15.0 Å². The molecule has 0 N–H and O–H groups in total. The SMILES string of the molecule is CCc1cc(N2CCOC(C(=O)OC)C2)nc(-c2ccccn2)n1. The van der Waals surface area contributed by atoms with Crippen LogP contribution in [0.1, 0.15) is 12.6 Å². The van der Waals surface area contributed by atoms with Crippen molar-refractivity contribution in [3.8, 4) is 11.5 Å². The number of aromatic nitrogens is 3. The van der Waals surface area contributed by atoms with Crippen LogP contribution in [0.4, 0.5) is 5.82 Å². The lowest BCUT2D eigenvalue weighted by Crippen LogP contribution is -2.47. The van der Waals surface area contributed by atoms with E-state index < -0.39 is 6.10 Å². The zero-order chi connectivity index (χ0) is 16.9. The van der Waals surface area contributed by atoms with Gasteiger partial charge in [0.15, 0.2) is 11.9 Å². The molecule has 0 bridgehead atoms. The molecular weight excluding hydrogens is 308 g/mol. The summed E-state index contributed by atoms with van der Waals surface area (Å²) in [5.74, 6) is 1.00. The Morgan fingerprint density at radius 2 is 2.29 bits per heavy atom. The largest absolute Gasteiger partial charge is 0.467 e. The molecule has 1 aliphatic heterocycles. The Labute approximate surface area is 140 Å². The van der Waals surface area contributed by atoms with Crippen molar-refractivity contribution in [2.45, 2.75) is 19.4 Å². The van der Waals surface area contributed by atoms with Gasteiger partial charge in [0.1, 0.15) is 11.5 Å². The number of nitrogens with zero attached hydrogens (tertiary/aromatic N) is 4. The molecule has 126 valence electrons. The van der Waals surface area contributed by atoms with Crippen LogP contribution in [0.5, 0.6) is 0 Å². The van der Waals surface area contributed by atoms with Gasteiger partial charge in [-0.2, -0.15) is 0 Å². The molecule has 3 heterocycles. The summed E-state index contributed by atoms with van der Waals surface area (Å²) in [6.45, 7) is 3.57. The molecule has 0 saturated carbocycles. The average molecular weight is 328 g/mol. The fourth-order valence-electron chi connectivity index (χ4n) is 2.57. The van der Waals surface area contributed by atoms with E-state index in [0.717, 1.165) is 23.6 Å². The first-order valence-corrected chi connectivity index (χ1v) is 7.95. The number of carbonyl (C=O) groups excluding carboxylic acids is 1. The van der Waals surface area contributed by atoms with E-state index in [1.54, 1.807) is 6.20 Å². The second-order valence-corrected chi connectivity index (χ2v) is 5.44. The molecular formula is C17H20N4O3. The van der Waals surface area contributed by atoms with Crippen molar-refractivity contribution >= 4 is 11.8 Å². The minimum absolute atomic E-state index is 0.366. The number of morpholine rings is 1. The normalized spacial score (nSPS) is 17.6. The van der Waals surface area contributed by atoms with Crippen LogP contribution in [0.25, 0.3) is 11.5 Å². The van der Waals surface area contributed by atoms with Crippen LogP contribution < -0.4 is 4.90 Å². The molecule has 0 aliphatic carbocycles.